The third-order valence-corrected chi connectivity index (χ3v) is 10.3. The van der Waals surface area contributed by atoms with Crippen molar-refractivity contribution in [1.82, 2.24) is 9.21 Å². The molecule has 5 nitrogen and oxygen atoms in total. The van der Waals surface area contributed by atoms with Crippen molar-refractivity contribution in [3.8, 4) is 11.1 Å². The number of nitrogens with zero attached hydrogens (tertiary/aromatic N) is 2. The van der Waals surface area contributed by atoms with Gasteiger partial charge in [0.05, 0.1) is 27.1 Å². The summed E-state index contributed by atoms with van der Waals surface area (Å²) in [7, 11) is -2.84. The molecule has 2 heterocycles. The highest BCUT2D eigenvalue weighted by Crippen LogP contribution is 2.44. The van der Waals surface area contributed by atoms with Crippen LogP contribution in [0.1, 0.15) is 17.0 Å². The molecule has 5 rings (SSSR count). The quantitative estimate of drug-likeness (QED) is 0.291. The van der Waals surface area contributed by atoms with Crippen molar-refractivity contribution in [2.24, 2.45) is 0 Å². The van der Waals surface area contributed by atoms with E-state index in [0.717, 1.165) is 33.1 Å². The second-order valence-electron chi connectivity index (χ2n) is 9.82. The number of alkyl halides is 3. The summed E-state index contributed by atoms with van der Waals surface area (Å²) >= 11 is 12.6. The van der Waals surface area contributed by atoms with Crippen LogP contribution in [0.4, 0.5) is 13.2 Å². The lowest BCUT2D eigenvalue weighted by atomic mass is 9.74. The van der Waals surface area contributed by atoms with Crippen LogP contribution in [0, 0.1) is 0 Å². The highest BCUT2D eigenvalue weighted by Gasteiger charge is 2.50. The minimum absolute atomic E-state index is 0.0211. The Morgan fingerprint density at radius 3 is 2.35 bits per heavy atom. The Labute approximate surface area is 241 Å². The van der Waals surface area contributed by atoms with Gasteiger partial charge in [-0.15, -0.1) is 0 Å². The Morgan fingerprint density at radius 2 is 1.65 bits per heavy atom. The van der Waals surface area contributed by atoms with E-state index in [1.165, 1.54) is 12.1 Å². The molecule has 3 aromatic carbocycles. The van der Waals surface area contributed by atoms with Crippen LogP contribution in [-0.4, -0.2) is 63.1 Å². The fourth-order valence-corrected chi connectivity index (χ4v) is 7.69. The van der Waals surface area contributed by atoms with E-state index in [4.69, 9.17) is 27.9 Å². The minimum Gasteiger partial charge on any atom is -0.383 e. The minimum atomic E-state index is -4.80. The van der Waals surface area contributed by atoms with Crippen molar-refractivity contribution in [2.45, 2.75) is 29.1 Å². The first-order valence-electron chi connectivity index (χ1n) is 12.6. The fourth-order valence-electron chi connectivity index (χ4n) is 5.66. The van der Waals surface area contributed by atoms with Gasteiger partial charge in [-0.2, -0.15) is 17.5 Å². The molecule has 2 aliphatic heterocycles. The van der Waals surface area contributed by atoms with E-state index in [2.05, 4.69) is 4.90 Å². The zero-order valence-corrected chi connectivity index (χ0v) is 23.8. The molecular formula is C29H27Cl2F3N2O3S. The van der Waals surface area contributed by atoms with Crippen LogP contribution in [0.3, 0.4) is 0 Å². The number of ether oxygens (including phenoxy) is 1. The molecule has 0 N–H and O–H groups in total. The van der Waals surface area contributed by atoms with E-state index < -0.39 is 26.7 Å². The molecule has 2 aliphatic rings. The number of hydrogen-bond donors (Lipinski definition) is 0. The number of hydrogen-bond acceptors (Lipinski definition) is 4. The monoisotopic (exact) mass is 610 g/mol. The largest absolute Gasteiger partial charge is 0.417 e. The Morgan fingerprint density at radius 1 is 0.950 bits per heavy atom. The Bertz CT molecular complexity index is 1510. The predicted octanol–water partition coefficient (Wildman–Crippen LogP) is 6.72. The van der Waals surface area contributed by atoms with Crippen molar-refractivity contribution >= 4 is 33.2 Å². The van der Waals surface area contributed by atoms with Gasteiger partial charge in [-0.25, -0.2) is 8.42 Å². The number of sulfonamides is 1. The average molecular weight is 612 g/mol. The van der Waals surface area contributed by atoms with Gasteiger partial charge in [0.1, 0.15) is 0 Å². The standard InChI is InChI=1S/C29H27Cl2F3N2O3S/c1-39-18-25-27(20-13-11-19(12-14-20)21-7-6-9-23(30)28(21)31)24-17-35(15-4-5-16-36(24)25)40(37,38)26-10-3-2-8-22(26)29(32,33)34/h2-14,24-25,27H,15-18H2,1H3/b5-4-/t24?,25-,27+/m1/s1. The van der Waals surface area contributed by atoms with Crippen LogP contribution in [0.5, 0.6) is 0 Å². The van der Waals surface area contributed by atoms with Crippen molar-refractivity contribution < 1.29 is 26.3 Å². The molecule has 0 aliphatic carbocycles. The molecule has 0 amide bonds. The lowest BCUT2D eigenvalue weighted by Crippen LogP contribution is -2.67. The molecule has 0 bridgehead atoms. The molecule has 0 radical (unpaired) electrons. The Balaban J connectivity index is 1.48. The molecule has 1 unspecified atom stereocenters. The molecule has 3 aromatic rings. The number of benzene rings is 3. The lowest BCUT2D eigenvalue weighted by Gasteiger charge is -2.56. The molecular weight excluding hydrogens is 584 g/mol. The van der Waals surface area contributed by atoms with Crippen molar-refractivity contribution in [2.75, 3.05) is 33.4 Å². The molecule has 212 valence electrons. The Hall–Kier alpha value is -2.40. The van der Waals surface area contributed by atoms with E-state index in [9.17, 15) is 21.6 Å². The number of fused-ring (bicyclic) bond motifs is 1. The highest BCUT2D eigenvalue weighted by atomic mass is 35.5. The SMILES string of the molecule is COC[C@@H]1[C@@H](c2ccc(-c3cccc(Cl)c3Cl)cc2)C2CN(S(=O)(=O)c3ccccc3C(F)(F)F)C/C=C\CN21. The first kappa shape index (κ1) is 29.1. The van der Waals surface area contributed by atoms with Gasteiger partial charge < -0.3 is 4.74 Å². The molecule has 0 aromatic heterocycles. The number of methoxy groups -OCH3 is 1. The normalized spacial score (nSPS) is 23.1. The smallest absolute Gasteiger partial charge is 0.383 e. The first-order chi connectivity index (χ1) is 19.0. The van der Waals surface area contributed by atoms with Crippen LogP contribution in [0.15, 0.2) is 83.8 Å². The molecule has 1 fully saturated rings. The van der Waals surface area contributed by atoms with Gasteiger partial charge >= 0.3 is 6.18 Å². The van der Waals surface area contributed by atoms with Crippen LogP contribution in [-0.2, 0) is 20.9 Å². The van der Waals surface area contributed by atoms with Gasteiger partial charge in [0.25, 0.3) is 0 Å². The summed E-state index contributed by atoms with van der Waals surface area (Å²) in [6, 6.07) is 17.3. The third kappa shape index (κ3) is 5.43. The highest BCUT2D eigenvalue weighted by molar-refractivity contribution is 7.89. The fraction of sp³-hybridized carbons (Fsp3) is 0.310. The molecule has 0 spiro atoms. The number of rotatable bonds is 6. The van der Waals surface area contributed by atoms with Gasteiger partial charge in [-0.1, -0.05) is 83.9 Å². The number of halogens is 5. The first-order valence-corrected chi connectivity index (χ1v) is 14.8. The van der Waals surface area contributed by atoms with Gasteiger partial charge in [0.15, 0.2) is 0 Å². The maximum Gasteiger partial charge on any atom is 0.417 e. The summed E-state index contributed by atoms with van der Waals surface area (Å²) in [6.07, 6.45) is -1.26. The average Bonchev–Trinajstić information content (AvgIpc) is 2.91. The molecule has 3 atom stereocenters. The summed E-state index contributed by atoms with van der Waals surface area (Å²) in [5, 5.41) is 0.907. The maximum atomic E-state index is 13.7. The van der Waals surface area contributed by atoms with Gasteiger partial charge in [0, 0.05) is 50.3 Å². The third-order valence-electron chi connectivity index (χ3n) is 7.57. The summed E-state index contributed by atoms with van der Waals surface area (Å²) in [4.78, 5) is 1.40. The second-order valence-corrected chi connectivity index (χ2v) is 12.5. The topological polar surface area (TPSA) is 49.9 Å². The van der Waals surface area contributed by atoms with Crippen molar-refractivity contribution in [3.05, 3.63) is 100 Å². The maximum absolute atomic E-state index is 13.7. The zero-order chi connectivity index (χ0) is 28.7. The lowest BCUT2D eigenvalue weighted by molar-refractivity contribution is -0.139. The van der Waals surface area contributed by atoms with Gasteiger partial charge in [-0.05, 0) is 29.3 Å². The summed E-state index contributed by atoms with van der Waals surface area (Å²) in [6.45, 7) is 1.01. The van der Waals surface area contributed by atoms with E-state index in [-0.39, 0.29) is 31.1 Å². The second kappa shape index (κ2) is 11.5. The molecule has 11 heteroatoms. The summed E-state index contributed by atoms with van der Waals surface area (Å²) in [5.41, 5.74) is 1.48. The summed E-state index contributed by atoms with van der Waals surface area (Å²) in [5.74, 6) is -0.106. The summed E-state index contributed by atoms with van der Waals surface area (Å²) < 4.78 is 75.1. The van der Waals surface area contributed by atoms with Crippen LogP contribution >= 0.6 is 23.2 Å². The van der Waals surface area contributed by atoms with E-state index in [0.29, 0.717) is 23.2 Å². The van der Waals surface area contributed by atoms with Crippen LogP contribution in [0.25, 0.3) is 11.1 Å². The van der Waals surface area contributed by atoms with Crippen molar-refractivity contribution in [3.63, 3.8) is 0 Å². The van der Waals surface area contributed by atoms with Gasteiger partial charge in [-0.3, -0.25) is 4.90 Å². The van der Waals surface area contributed by atoms with E-state index >= 15 is 0 Å². The van der Waals surface area contributed by atoms with Crippen molar-refractivity contribution in [1.29, 1.82) is 0 Å². The van der Waals surface area contributed by atoms with Crippen LogP contribution in [0.2, 0.25) is 10.0 Å². The van der Waals surface area contributed by atoms with Gasteiger partial charge in [0.2, 0.25) is 10.0 Å². The zero-order valence-electron chi connectivity index (χ0n) is 21.5. The molecule has 40 heavy (non-hydrogen) atoms. The molecule has 1 saturated heterocycles. The Kier molecular flexibility index (Phi) is 8.34. The predicted molar refractivity (Wildman–Crippen MR) is 150 cm³/mol. The van der Waals surface area contributed by atoms with E-state index in [1.54, 1.807) is 19.3 Å². The van der Waals surface area contributed by atoms with E-state index in [1.807, 2.05) is 42.5 Å². The molecule has 0 saturated carbocycles. The van der Waals surface area contributed by atoms with Crippen LogP contribution < -0.4 is 0 Å².